The first-order valence-corrected chi connectivity index (χ1v) is 8.43. The lowest BCUT2D eigenvalue weighted by Gasteiger charge is -2.17. The van der Waals surface area contributed by atoms with E-state index < -0.39 is 0 Å². The maximum Gasteiger partial charge on any atom is 0.227 e. The van der Waals surface area contributed by atoms with Crippen LogP contribution >= 0.6 is 0 Å². The lowest BCUT2D eigenvalue weighted by Crippen LogP contribution is -2.35. The lowest BCUT2D eigenvalue weighted by atomic mass is 10.1. The van der Waals surface area contributed by atoms with Gasteiger partial charge in [-0.3, -0.25) is 9.59 Å². The highest BCUT2D eigenvalue weighted by Gasteiger charge is 2.34. The standard InChI is InChI=1S/C19H22N4O2/c1-14-5-7-16(8-6-14)23-13-15(12-18(23)24)19(25)22-11-10-21-17-4-2-3-9-20-17/h2-9,15H,10-13H2,1H3,(H,20,21)(H,22,25). The molecule has 130 valence electrons. The van der Waals surface area contributed by atoms with Gasteiger partial charge < -0.3 is 15.5 Å². The van der Waals surface area contributed by atoms with E-state index >= 15 is 0 Å². The number of aryl methyl sites for hydroxylation is 1. The maximum absolute atomic E-state index is 12.3. The first kappa shape index (κ1) is 17.0. The highest BCUT2D eigenvalue weighted by atomic mass is 16.2. The van der Waals surface area contributed by atoms with E-state index in [9.17, 15) is 9.59 Å². The Hall–Kier alpha value is -2.89. The average Bonchev–Trinajstić information content (AvgIpc) is 3.02. The van der Waals surface area contributed by atoms with E-state index in [4.69, 9.17) is 0 Å². The molecule has 25 heavy (non-hydrogen) atoms. The van der Waals surface area contributed by atoms with Crippen LogP contribution < -0.4 is 15.5 Å². The van der Waals surface area contributed by atoms with Gasteiger partial charge in [0.1, 0.15) is 5.82 Å². The van der Waals surface area contributed by atoms with Gasteiger partial charge in [-0.1, -0.05) is 23.8 Å². The molecular formula is C19H22N4O2. The third-order valence-electron chi connectivity index (χ3n) is 4.24. The fourth-order valence-electron chi connectivity index (χ4n) is 2.85. The van der Waals surface area contributed by atoms with E-state index in [1.54, 1.807) is 11.1 Å². The number of benzene rings is 1. The molecule has 2 aromatic rings. The van der Waals surface area contributed by atoms with Crippen LogP contribution in [-0.2, 0) is 9.59 Å². The van der Waals surface area contributed by atoms with Gasteiger partial charge in [0.05, 0.1) is 5.92 Å². The predicted molar refractivity (Wildman–Crippen MR) is 97.4 cm³/mol. The van der Waals surface area contributed by atoms with Gasteiger partial charge in [-0.2, -0.15) is 0 Å². The molecule has 1 saturated heterocycles. The molecule has 2 amide bonds. The zero-order valence-corrected chi connectivity index (χ0v) is 14.2. The van der Waals surface area contributed by atoms with Crippen molar-refractivity contribution < 1.29 is 9.59 Å². The topological polar surface area (TPSA) is 74.3 Å². The van der Waals surface area contributed by atoms with Crippen LogP contribution in [0.4, 0.5) is 11.5 Å². The molecular weight excluding hydrogens is 316 g/mol. The number of hydrogen-bond acceptors (Lipinski definition) is 4. The molecule has 1 fully saturated rings. The Morgan fingerprint density at radius 3 is 2.72 bits per heavy atom. The van der Waals surface area contributed by atoms with E-state index in [1.165, 1.54) is 0 Å². The molecule has 0 spiro atoms. The van der Waals surface area contributed by atoms with Crippen molar-refractivity contribution in [2.24, 2.45) is 5.92 Å². The molecule has 1 aromatic heterocycles. The Balaban J connectivity index is 1.46. The molecule has 3 rings (SSSR count). The molecule has 1 atom stereocenters. The van der Waals surface area contributed by atoms with E-state index in [-0.39, 0.29) is 24.2 Å². The van der Waals surface area contributed by atoms with Crippen molar-refractivity contribution in [1.29, 1.82) is 0 Å². The van der Waals surface area contributed by atoms with Crippen molar-refractivity contribution in [2.75, 3.05) is 29.9 Å². The molecule has 6 heteroatoms. The number of hydrogen-bond donors (Lipinski definition) is 2. The van der Waals surface area contributed by atoms with Gasteiger partial charge in [-0.25, -0.2) is 4.98 Å². The Kier molecular flexibility index (Phi) is 5.28. The third-order valence-corrected chi connectivity index (χ3v) is 4.24. The van der Waals surface area contributed by atoms with E-state index in [1.807, 2.05) is 49.4 Å². The van der Waals surface area contributed by atoms with Gasteiger partial charge in [0.2, 0.25) is 11.8 Å². The quantitative estimate of drug-likeness (QED) is 0.790. The molecule has 6 nitrogen and oxygen atoms in total. The number of pyridine rings is 1. The summed E-state index contributed by atoms with van der Waals surface area (Å²) in [6, 6.07) is 13.4. The van der Waals surface area contributed by atoms with Crippen LogP contribution in [0.1, 0.15) is 12.0 Å². The second-order valence-electron chi connectivity index (χ2n) is 6.17. The average molecular weight is 338 g/mol. The van der Waals surface area contributed by atoms with Crippen molar-refractivity contribution >= 4 is 23.3 Å². The minimum Gasteiger partial charge on any atom is -0.368 e. The van der Waals surface area contributed by atoms with Crippen LogP contribution in [0.15, 0.2) is 48.7 Å². The predicted octanol–water partition coefficient (Wildman–Crippen LogP) is 1.97. The highest BCUT2D eigenvalue weighted by molar-refractivity contribution is 6.00. The van der Waals surface area contributed by atoms with Crippen molar-refractivity contribution in [3.63, 3.8) is 0 Å². The summed E-state index contributed by atoms with van der Waals surface area (Å²) in [5, 5.41) is 6.02. The minimum atomic E-state index is -0.302. The first-order chi connectivity index (χ1) is 12.1. The molecule has 1 unspecified atom stereocenters. The number of carbonyl (C=O) groups excluding carboxylic acids is 2. The Morgan fingerprint density at radius 1 is 1.20 bits per heavy atom. The van der Waals surface area contributed by atoms with Crippen molar-refractivity contribution in [2.45, 2.75) is 13.3 Å². The zero-order valence-electron chi connectivity index (χ0n) is 14.2. The minimum absolute atomic E-state index is 0.00406. The molecule has 1 aliphatic heterocycles. The van der Waals surface area contributed by atoms with Crippen LogP contribution in [0.3, 0.4) is 0 Å². The fourth-order valence-corrected chi connectivity index (χ4v) is 2.85. The van der Waals surface area contributed by atoms with Crippen LogP contribution in [0.5, 0.6) is 0 Å². The first-order valence-electron chi connectivity index (χ1n) is 8.43. The SMILES string of the molecule is Cc1ccc(N2CC(C(=O)NCCNc3ccccn3)CC2=O)cc1. The van der Waals surface area contributed by atoms with Gasteiger partial charge in [0, 0.05) is 37.9 Å². The molecule has 1 aromatic carbocycles. The zero-order chi connectivity index (χ0) is 17.6. The number of nitrogens with one attached hydrogen (secondary N) is 2. The number of rotatable bonds is 6. The summed E-state index contributed by atoms with van der Waals surface area (Å²) >= 11 is 0. The molecule has 0 bridgehead atoms. The largest absolute Gasteiger partial charge is 0.368 e. The summed E-state index contributed by atoms with van der Waals surface area (Å²) in [6.07, 6.45) is 1.97. The molecule has 0 aliphatic carbocycles. The Morgan fingerprint density at radius 2 is 2.00 bits per heavy atom. The number of anilines is 2. The van der Waals surface area contributed by atoms with Gasteiger partial charge in [-0.05, 0) is 31.2 Å². The van der Waals surface area contributed by atoms with Crippen LogP contribution in [0.25, 0.3) is 0 Å². The van der Waals surface area contributed by atoms with E-state index in [0.29, 0.717) is 19.6 Å². The number of amides is 2. The van der Waals surface area contributed by atoms with Crippen LogP contribution in [-0.4, -0.2) is 36.4 Å². The van der Waals surface area contributed by atoms with E-state index in [0.717, 1.165) is 17.1 Å². The second kappa shape index (κ2) is 7.79. The number of aromatic nitrogens is 1. The second-order valence-corrected chi connectivity index (χ2v) is 6.17. The van der Waals surface area contributed by atoms with Gasteiger partial charge in [0.15, 0.2) is 0 Å². The third kappa shape index (κ3) is 4.35. The van der Waals surface area contributed by atoms with Crippen molar-refractivity contribution in [3.8, 4) is 0 Å². The fraction of sp³-hybridized carbons (Fsp3) is 0.316. The Bertz CT molecular complexity index is 731. The van der Waals surface area contributed by atoms with Gasteiger partial charge in [0.25, 0.3) is 0 Å². The normalized spacial score (nSPS) is 16.8. The summed E-state index contributed by atoms with van der Waals surface area (Å²) in [6.45, 7) is 3.52. The van der Waals surface area contributed by atoms with E-state index in [2.05, 4.69) is 15.6 Å². The van der Waals surface area contributed by atoms with Crippen molar-refractivity contribution in [1.82, 2.24) is 10.3 Å². The monoisotopic (exact) mass is 338 g/mol. The molecule has 1 aliphatic rings. The summed E-state index contributed by atoms with van der Waals surface area (Å²) in [5.74, 6) is 0.392. The van der Waals surface area contributed by atoms with Crippen LogP contribution in [0, 0.1) is 12.8 Å². The summed E-state index contributed by atoms with van der Waals surface area (Å²) < 4.78 is 0. The highest BCUT2D eigenvalue weighted by Crippen LogP contribution is 2.25. The van der Waals surface area contributed by atoms with Crippen LogP contribution in [0.2, 0.25) is 0 Å². The molecule has 2 N–H and O–H groups in total. The lowest BCUT2D eigenvalue weighted by molar-refractivity contribution is -0.126. The van der Waals surface area contributed by atoms with Crippen molar-refractivity contribution in [3.05, 3.63) is 54.2 Å². The Labute approximate surface area is 147 Å². The summed E-state index contributed by atoms with van der Waals surface area (Å²) in [7, 11) is 0. The van der Waals surface area contributed by atoms with Gasteiger partial charge in [-0.15, -0.1) is 0 Å². The number of carbonyl (C=O) groups is 2. The summed E-state index contributed by atoms with van der Waals surface area (Å²) in [4.78, 5) is 30.4. The maximum atomic E-state index is 12.3. The van der Waals surface area contributed by atoms with Gasteiger partial charge >= 0.3 is 0 Å². The molecule has 2 heterocycles. The molecule has 0 radical (unpaired) electrons. The smallest absolute Gasteiger partial charge is 0.227 e. The summed E-state index contributed by atoms with van der Waals surface area (Å²) in [5.41, 5.74) is 1.99. The molecule has 0 saturated carbocycles. The number of nitrogens with zero attached hydrogens (tertiary/aromatic N) is 2.